The number of hydrogen-bond acceptors (Lipinski definition) is 4. The van der Waals surface area contributed by atoms with Crippen LogP contribution in [0.1, 0.15) is 12.5 Å². The van der Waals surface area contributed by atoms with Crippen molar-refractivity contribution < 1.29 is 9.84 Å². The van der Waals surface area contributed by atoms with Crippen LogP contribution in [0.5, 0.6) is 5.75 Å². The number of rotatable bonds is 2. The Morgan fingerprint density at radius 2 is 2.44 bits per heavy atom. The fraction of sp³-hybridized carbons (Fsp3) is 0.462. The van der Waals surface area contributed by atoms with Gasteiger partial charge in [-0.1, -0.05) is 0 Å². The molecule has 1 aromatic heterocycles. The summed E-state index contributed by atoms with van der Waals surface area (Å²) < 4.78 is 7.45. The summed E-state index contributed by atoms with van der Waals surface area (Å²) in [4.78, 5) is 0. The summed E-state index contributed by atoms with van der Waals surface area (Å²) in [5.74, 6) is 0.847. The molecule has 96 valence electrons. The van der Waals surface area contributed by atoms with E-state index in [1.54, 1.807) is 0 Å². The first-order valence-corrected chi connectivity index (χ1v) is 6.19. The van der Waals surface area contributed by atoms with E-state index in [2.05, 4.69) is 5.10 Å². The molecule has 0 amide bonds. The van der Waals surface area contributed by atoms with Crippen molar-refractivity contribution >= 4 is 10.9 Å². The molecule has 18 heavy (non-hydrogen) atoms. The number of aliphatic hydroxyl groups excluding tert-OH is 1. The third kappa shape index (κ3) is 1.85. The maximum Gasteiger partial charge on any atom is 0.124 e. The topological polar surface area (TPSA) is 73.3 Å². The Labute approximate surface area is 105 Å². The fourth-order valence-corrected chi connectivity index (χ4v) is 2.46. The molecule has 2 unspecified atom stereocenters. The van der Waals surface area contributed by atoms with Crippen molar-refractivity contribution in [1.82, 2.24) is 9.78 Å². The van der Waals surface area contributed by atoms with E-state index in [9.17, 15) is 5.11 Å². The van der Waals surface area contributed by atoms with E-state index in [1.807, 2.05) is 29.9 Å². The summed E-state index contributed by atoms with van der Waals surface area (Å²) in [5.41, 5.74) is 7.90. The van der Waals surface area contributed by atoms with Gasteiger partial charge in [0.2, 0.25) is 0 Å². The van der Waals surface area contributed by atoms with Crippen molar-refractivity contribution in [3.05, 3.63) is 23.9 Å². The van der Waals surface area contributed by atoms with Crippen LogP contribution >= 0.6 is 0 Å². The van der Waals surface area contributed by atoms with Crippen molar-refractivity contribution in [2.45, 2.75) is 32.0 Å². The number of fused-ring (bicyclic) bond motifs is 3. The van der Waals surface area contributed by atoms with E-state index < -0.39 is 6.10 Å². The van der Waals surface area contributed by atoms with Gasteiger partial charge in [0.25, 0.3) is 0 Å². The number of aliphatic hydroxyl groups is 1. The van der Waals surface area contributed by atoms with Crippen molar-refractivity contribution in [1.29, 1.82) is 0 Å². The molecular weight excluding hydrogens is 230 g/mol. The Hall–Kier alpha value is -1.59. The predicted molar refractivity (Wildman–Crippen MR) is 68.6 cm³/mol. The van der Waals surface area contributed by atoms with Crippen LogP contribution in [0.4, 0.5) is 0 Å². The average Bonchev–Trinajstić information content (AvgIpc) is 2.72. The molecule has 2 heterocycles. The van der Waals surface area contributed by atoms with Crippen LogP contribution in [0.25, 0.3) is 10.9 Å². The number of benzene rings is 1. The number of nitrogens with zero attached hydrogens (tertiary/aromatic N) is 2. The maximum absolute atomic E-state index is 9.75. The lowest BCUT2D eigenvalue weighted by atomic mass is 10.0. The Morgan fingerprint density at radius 1 is 1.61 bits per heavy atom. The van der Waals surface area contributed by atoms with Gasteiger partial charge >= 0.3 is 0 Å². The molecule has 3 N–H and O–H groups in total. The molecule has 0 bridgehead atoms. The van der Waals surface area contributed by atoms with Gasteiger partial charge in [-0.2, -0.15) is 5.10 Å². The van der Waals surface area contributed by atoms with Gasteiger partial charge in [-0.3, -0.25) is 4.68 Å². The third-order valence-corrected chi connectivity index (χ3v) is 3.20. The lowest BCUT2D eigenvalue weighted by Gasteiger charge is -2.23. The van der Waals surface area contributed by atoms with E-state index in [0.717, 1.165) is 22.2 Å². The van der Waals surface area contributed by atoms with Gasteiger partial charge in [0.1, 0.15) is 12.4 Å². The molecule has 3 rings (SSSR count). The summed E-state index contributed by atoms with van der Waals surface area (Å²) in [6.45, 7) is 2.98. The van der Waals surface area contributed by atoms with Crippen molar-refractivity contribution in [3.8, 4) is 5.75 Å². The van der Waals surface area contributed by atoms with Crippen molar-refractivity contribution in [3.63, 3.8) is 0 Å². The number of ether oxygens (including phenoxy) is 1. The maximum atomic E-state index is 9.75. The molecule has 5 nitrogen and oxygen atoms in total. The van der Waals surface area contributed by atoms with E-state index in [1.165, 1.54) is 0 Å². The Kier molecular flexibility index (Phi) is 2.72. The van der Waals surface area contributed by atoms with E-state index in [4.69, 9.17) is 10.5 Å². The largest absolute Gasteiger partial charge is 0.491 e. The van der Waals surface area contributed by atoms with Gasteiger partial charge in [0.05, 0.1) is 24.4 Å². The van der Waals surface area contributed by atoms with Crippen molar-refractivity contribution in [2.24, 2.45) is 5.73 Å². The van der Waals surface area contributed by atoms with Crippen LogP contribution in [-0.2, 0) is 13.0 Å². The second-order valence-electron chi connectivity index (χ2n) is 4.95. The van der Waals surface area contributed by atoms with E-state index >= 15 is 0 Å². The van der Waals surface area contributed by atoms with Gasteiger partial charge in [-0.25, -0.2) is 0 Å². The van der Waals surface area contributed by atoms with Gasteiger partial charge in [-0.05, 0) is 19.1 Å². The molecule has 1 aliphatic heterocycles. The normalized spacial score (nSPS) is 20.5. The number of nitrogens with two attached hydrogens (primary N) is 1. The highest BCUT2D eigenvalue weighted by Crippen LogP contribution is 2.32. The highest BCUT2D eigenvalue weighted by Gasteiger charge is 2.22. The van der Waals surface area contributed by atoms with Crippen LogP contribution in [0.2, 0.25) is 0 Å². The van der Waals surface area contributed by atoms with Gasteiger partial charge in [0.15, 0.2) is 0 Å². The molecule has 0 saturated carbocycles. The van der Waals surface area contributed by atoms with Crippen LogP contribution in [0.3, 0.4) is 0 Å². The summed E-state index contributed by atoms with van der Waals surface area (Å²) >= 11 is 0. The molecule has 1 aromatic carbocycles. The first-order valence-electron chi connectivity index (χ1n) is 6.19. The standard InChI is InChI=1S/C13H17N3O2/c1-8(14)6-16-13-9(5-15-16)2-3-12-11(13)4-10(17)7-18-12/h2-3,5,8,10,17H,4,6-7,14H2,1H3. The highest BCUT2D eigenvalue weighted by molar-refractivity contribution is 5.84. The lowest BCUT2D eigenvalue weighted by molar-refractivity contribution is 0.0926. The second kappa shape index (κ2) is 4.26. The first kappa shape index (κ1) is 11.5. The summed E-state index contributed by atoms with van der Waals surface area (Å²) in [5, 5.41) is 15.2. The molecule has 2 atom stereocenters. The number of hydrogen-bond donors (Lipinski definition) is 2. The molecule has 0 radical (unpaired) electrons. The quantitative estimate of drug-likeness (QED) is 0.818. The summed E-state index contributed by atoms with van der Waals surface area (Å²) in [6, 6.07) is 3.98. The van der Waals surface area contributed by atoms with Gasteiger partial charge in [-0.15, -0.1) is 0 Å². The predicted octanol–water partition coefficient (Wildman–Crippen LogP) is 0.679. The minimum atomic E-state index is -0.443. The Bertz CT molecular complexity index is 577. The van der Waals surface area contributed by atoms with E-state index in [-0.39, 0.29) is 6.04 Å². The number of aromatic nitrogens is 2. The monoisotopic (exact) mass is 247 g/mol. The zero-order chi connectivity index (χ0) is 12.7. The Balaban J connectivity index is 2.16. The molecule has 0 saturated heterocycles. The smallest absolute Gasteiger partial charge is 0.124 e. The molecule has 5 heteroatoms. The first-order chi connectivity index (χ1) is 8.65. The van der Waals surface area contributed by atoms with Crippen LogP contribution in [-0.4, -0.2) is 33.6 Å². The van der Waals surface area contributed by atoms with E-state index in [0.29, 0.717) is 19.6 Å². The highest BCUT2D eigenvalue weighted by atomic mass is 16.5. The summed E-state index contributed by atoms with van der Waals surface area (Å²) in [7, 11) is 0. The zero-order valence-electron chi connectivity index (χ0n) is 10.3. The van der Waals surface area contributed by atoms with Crippen LogP contribution in [0, 0.1) is 0 Å². The molecular formula is C13H17N3O2. The molecule has 2 aromatic rings. The molecule has 0 spiro atoms. The second-order valence-corrected chi connectivity index (χ2v) is 4.95. The van der Waals surface area contributed by atoms with Gasteiger partial charge in [0, 0.05) is 23.4 Å². The zero-order valence-corrected chi connectivity index (χ0v) is 10.3. The average molecular weight is 247 g/mol. The van der Waals surface area contributed by atoms with Crippen LogP contribution in [0.15, 0.2) is 18.3 Å². The lowest BCUT2D eigenvalue weighted by Crippen LogP contribution is -2.27. The third-order valence-electron chi connectivity index (χ3n) is 3.20. The van der Waals surface area contributed by atoms with Crippen LogP contribution < -0.4 is 10.5 Å². The molecule has 0 aliphatic carbocycles. The SMILES string of the molecule is CC(N)Cn1ncc2ccc3c(c21)CC(O)CO3. The van der Waals surface area contributed by atoms with Gasteiger partial charge < -0.3 is 15.6 Å². The fourth-order valence-electron chi connectivity index (χ4n) is 2.46. The Morgan fingerprint density at radius 3 is 3.22 bits per heavy atom. The van der Waals surface area contributed by atoms with Crippen molar-refractivity contribution in [2.75, 3.05) is 6.61 Å². The minimum absolute atomic E-state index is 0.0402. The molecule has 1 aliphatic rings. The molecule has 0 fully saturated rings. The summed E-state index contributed by atoms with van der Waals surface area (Å²) in [6.07, 6.45) is 2.00. The minimum Gasteiger partial charge on any atom is -0.491 e.